The smallest absolute Gasteiger partial charge is 0.328 e. The number of anilines is 1. The van der Waals surface area contributed by atoms with Gasteiger partial charge in [-0.2, -0.15) is 0 Å². The van der Waals surface area contributed by atoms with Gasteiger partial charge < -0.3 is 25.6 Å². The van der Waals surface area contributed by atoms with Gasteiger partial charge in [-0.05, 0) is 38.8 Å². The first-order valence-corrected chi connectivity index (χ1v) is 7.82. The first kappa shape index (κ1) is 21.9. The Balaban J connectivity index is 0.000000922. The van der Waals surface area contributed by atoms with E-state index >= 15 is 0 Å². The number of aryl methyl sites for hydroxylation is 2. The molecule has 0 amide bonds. The molecule has 0 unspecified atom stereocenters. The average Bonchev–Trinajstić information content (AvgIpc) is 2.55. The number of benzene rings is 1. The normalized spacial score (nSPS) is 11.0. The van der Waals surface area contributed by atoms with E-state index in [-0.39, 0.29) is 18.6 Å². The number of hydrogen-bond acceptors (Lipinski definition) is 6. The summed E-state index contributed by atoms with van der Waals surface area (Å²) >= 11 is 0. The van der Waals surface area contributed by atoms with Crippen molar-refractivity contribution >= 4 is 17.6 Å². The van der Waals surface area contributed by atoms with E-state index in [1.165, 1.54) is 0 Å². The molecule has 7 heteroatoms. The van der Waals surface area contributed by atoms with E-state index in [1.54, 1.807) is 6.92 Å². The Labute approximate surface area is 143 Å². The molecule has 0 fully saturated rings. The number of nitrogens with two attached hydrogens (primary N) is 1. The first-order chi connectivity index (χ1) is 11.3. The third-order valence-corrected chi connectivity index (χ3v) is 3.05. The molecule has 1 aromatic carbocycles. The molecule has 0 bridgehead atoms. The highest BCUT2D eigenvalue weighted by Gasteiger charge is 2.15. The number of carboxylic acid groups (broad SMARTS) is 1. The lowest BCUT2D eigenvalue weighted by atomic mass is 10.1. The number of rotatable bonds is 8. The van der Waals surface area contributed by atoms with Crippen LogP contribution < -0.4 is 11.1 Å². The van der Waals surface area contributed by atoms with Gasteiger partial charge in [0.2, 0.25) is 0 Å². The van der Waals surface area contributed by atoms with E-state index < -0.39 is 5.97 Å². The Hall–Kier alpha value is -2.12. The summed E-state index contributed by atoms with van der Waals surface area (Å²) in [6.07, 6.45) is 0. The Kier molecular flexibility index (Phi) is 11.2. The lowest BCUT2D eigenvalue weighted by Crippen LogP contribution is -2.29. The van der Waals surface area contributed by atoms with Crippen LogP contribution in [0, 0.1) is 13.8 Å². The molecular weight excluding hydrogens is 312 g/mol. The number of ether oxygens (including phenoxy) is 2. The van der Waals surface area contributed by atoms with E-state index in [1.807, 2.05) is 39.0 Å². The summed E-state index contributed by atoms with van der Waals surface area (Å²) in [4.78, 5) is 21.0. The van der Waals surface area contributed by atoms with Crippen LogP contribution in [0.25, 0.3) is 0 Å². The maximum Gasteiger partial charge on any atom is 0.328 e. The number of nitrogens with one attached hydrogen (secondary N) is 1. The molecule has 0 aliphatic rings. The SMILES string of the molecule is CCOCCOC(=O)[C@H](C)Nc1c(C)cccc1C.NCC(=O)O. The van der Waals surface area contributed by atoms with E-state index in [9.17, 15) is 9.59 Å². The number of para-hydroxylation sites is 1. The van der Waals surface area contributed by atoms with Gasteiger partial charge in [-0.3, -0.25) is 4.79 Å². The molecule has 0 heterocycles. The summed E-state index contributed by atoms with van der Waals surface area (Å²) in [5.74, 6) is -1.23. The molecule has 0 aliphatic heterocycles. The highest BCUT2D eigenvalue weighted by Crippen LogP contribution is 2.20. The molecule has 4 N–H and O–H groups in total. The van der Waals surface area contributed by atoms with E-state index in [2.05, 4.69) is 11.1 Å². The molecule has 7 nitrogen and oxygen atoms in total. The molecule has 1 aromatic rings. The van der Waals surface area contributed by atoms with Gasteiger partial charge >= 0.3 is 11.9 Å². The summed E-state index contributed by atoms with van der Waals surface area (Å²) in [6, 6.07) is 5.66. The van der Waals surface area contributed by atoms with Gasteiger partial charge in [0.15, 0.2) is 0 Å². The number of carbonyl (C=O) groups is 2. The molecule has 24 heavy (non-hydrogen) atoms. The Morgan fingerprint density at radius 1 is 1.25 bits per heavy atom. The van der Waals surface area contributed by atoms with Crippen LogP contribution in [0.2, 0.25) is 0 Å². The third kappa shape index (κ3) is 9.12. The largest absolute Gasteiger partial charge is 0.480 e. The lowest BCUT2D eigenvalue weighted by molar-refractivity contribution is -0.145. The molecule has 0 aromatic heterocycles. The third-order valence-electron chi connectivity index (χ3n) is 3.05. The van der Waals surface area contributed by atoms with Crippen LogP contribution in [0.1, 0.15) is 25.0 Å². The minimum Gasteiger partial charge on any atom is -0.480 e. The van der Waals surface area contributed by atoms with Gasteiger partial charge in [0.05, 0.1) is 13.2 Å². The second kappa shape index (κ2) is 12.3. The Bertz CT molecular complexity index is 499. The number of esters is 1. The van der Waals surface area contributed by atoms with Gasteiger partial charge in [-0.25, -0.2) is 4.79 Å². The highest BCUT2D eigenvalue weighted by atomic mass is 16.6. The van der Waals surface area contributed by atoms with Crippen molar-refractivity contribution < 1.29 is 24.2 Å². The van der Waals surface area contributed by atoms with Crippen molar-refractivity contribution in [1.82, 2.24) is 0 Å². The molecular formula is C17H28N2O5. The zero-order valence-electron chi connectivity index (χ0n) is 14.8. The highest BCUT2D eigenvalue weighted by molar-refractivity contribution is 5.79. The average molecular weight is 340 g/mol. The molecule has 0 radical (unpaired) electrons. The van der Waals surface area contributed by atoms with Crippen LogP contribution in [-0.2, 0) is 19.1 Å². The summed E-state index contributed by atoms with van der Waals surface area (Å²) in [7, 11) is 0. The quantitative estimate of drug-likeness (QED) is 0.488. The molecule has 0 aliphatic carbocycles. The molecule has 0 spiro atoms. The monoisotopic (exact) mass is 340 g/mol. The van der Waals surface area contributed by atoms with Crippen LogP contribution in [-0.4, -0.2) is 49.5 Å². The zero-order chi connectivity index (χ0) is 18.5. The topological polar surface area (TPSA) is 111 Å². The molecule has 1 rings (SSSR count). The van der Waals surface area contributed by atoms with Gasteiger partial charge in [0.25, 0.3) is 0 Å². The predicted octanol–water partition coefficient (Wildman–Crippen LogP) is 1.71. The summed E-state index contributed by atoms with van der Waals surface area (Å²) in [5, 5.41) is 10.8. The lowest BCUT2D eigenvalue weighted by Gasteiger charge is -2.18. The number of carbonyl (C=O) groups excluding carboxylic acids is 1. The fourth-order valence-corrected chi connectivity index (χ4v) is 1.79. The van der Waals surface area contributed by atoms with Gasteiger partial charge in [-0.15, -0.1) is 0 Å². The summed E-state index contributed by atoms with van der Waals surface area (Å²) < 4.78 is 10.3. The molecule has 0 saturated carbocycles. The standard InChI is InChI=1S/C15H23NO3.C2H5NO2/c1-5-18-9-10-19-15(17)13(4)16-14-11(2)7-6-8-12(14)3;3-1-2(4)5/h6-8,13,16H,5,9-10H2,1-4H3;1,3H2,(H,4,5)/t13-;/m0./s1. The summed E-state index contributed by atoms with van der Waals surface area (Å²) in [5.41, 5.74) is 7.81. The van der Waals surface area contributed by atoms with Crippen LogP contribution in [0.5, 0.6) is 0 Å². The van der Waals surface area contributed by atoms with Crippen molar-refractivity contribution in [2.75, 3.05) is 31.7 Å². The van der Waals surface area contributed by atoms with Gasteiger partial charge in [0.1, 0.15) is 12.6 Å². The van der Waals surface area contributed by atoms with Crippen LogP contribution >= 0.6 is 0 Å². The minimum atomic E-state index is -0.968. The van der Waals surface area contributed by atoms with Crippen LogP contribution in [0.15, 0.2) is 18.2 Å². The van der Waals surface area contributed by atoms with E-state index in [0.29, 0.717) is 19.8 Å². The fraction of sp³-hybridized carbons (Fsp3) is 0.529. The second-order valence-electron chi connectivity index (χ2n) is 5.10. The van der Waals surface area contributed by atoms with Crippen molar-refractivity contribution in [3.8, 4) is 0 Å². The maximum atomic E-state index is 11.8. The van der Waals surface area contributed by atoms with Gasteiger partial charge in [-0.1, -0.05) is 18.2 Å². The van der Waals surface area contributed by atoms with Crippen molar-refractivity contribution in [1.29, 1.82) is 0 Å². The molecule has 136 valence electrons. The van der Waals surface area contributed by atoms with Gasteiger partial charge in [0, 0.05) is 12.3 Å². The fourth-order valence-electron chi connectivity index (χ4n) is 1.79. The van der Waals surface area contributed by atoms with Crippen molar-refractivity contribution in [2.24, 2.45) is 5.73 Å². The summed E-state index contributed by atoms with van der Waals surface area (Å²) in [6.45, 7) is 8.84. The van der Waals surface area contributed by atoms with Crippen molar-refractivity contribution in [3.63, 3.8) is 0 Å². The number of carboxylic acids is 1. The van der Waals surface area contributed by atoms with E-state index in [4.69, 9.17) is 14.6 Å². The Morgan fingerprint density at radius 3 is 2.25 bits per heavy atom. The zero-order valence-corrected chi connectivity index (χ0v) is 14.8. The number of aliphatic carboxylic acids is 1. The Morgan fingerprint density at radius 2 is 1.79 bits per heavy atom. The second-order valence-corrected chi connectivity index (χ2v) is 5.10. The first-order valence-electron chi connectivity index (χ1n) is 7.82. The minimum absolute atomic E-state index is 0.262. The molecule has 0 saturated heterocycles. The maximum absolute atomic E-state index is 11.8. The van der Waals surface area contributed by atoms with Crippen molar-refractivity contribution in [2.45, 2.75) is 33.7 Å². The predicted molar refractivity (Wildman–Crippen MR) is 93.1 cm³/mol. The van der Waals surface area contributed by atoms with Crippen molar-refractivity contribution in [3.05, 3.63) is 29.3 Å². The number of hydrogen-bond donors (Lipinski definition) is 3. The van der Waals surface area contributed by atoms with Crippen LogP contribution in [0.3, 0.4) is 0 Å². The van der Waals surface area contributed by atoms with E-state index in [0.717, 1.165) is 16.8 Å². The van der Waals surface area contributed by atoms with Crippen LogP contribution in [0.4, 0.5) is 5.69 Å². The molecule has 1 atom stereocenters.